The summed E-state index contributed by atoms with van der Waals surface area (Å²) in [4.78, 5) is 22.1. The molecule has 0 bridgehead atoms. The molecule has 1 unspecified atom stereocenters. The quantitative estimate of drug-likeness (QED) is 0.337. The maximum Gasteiger partial charge on any atom is 0.384 e. The van der Waals surface area contributed by atoms with Crippen LogP contribution >= 0.6 is 0 Å². The number of esters is 1. The molecule has 1 aliphatic heterocycles. The van der Waals surface area contributed by atoms with Crippen molar-refractivity contribution >= 4 is 11.8 Å². The number of unbranched alkanes of at least 4 members (excludes halogenated alkanes) is 1. The van der Waals surface area contributed by atoms with Crippen LogP contribution in [0.4, 0.5) is 0 Å². The summed E-state index contributed by atoms with van der Waals surface area (Å²) in [5.74, 6) is 6.55. The first-order chi connectivity index (χ1) is 9.72. The molecule has 108 valence electrons. The van der Waals surface area contributed by atoms with Gasteiger partial charge in [-0.05, 0) is 19.3 Å². The summed E-state index contributed by atoms with van der Waals surface area (Å²) < 4.78 is 14.8. The SMILES string of the molecule is COC(=O)C#CCCCC(=O)C#COC1CCCCO1. The van der Waals surface area contributed by atoms with Crippen LogP contribution in [0, 0.1) is 23.9 Å². The Kier molecular flexibility index (Phi) is 7.95. The minimum Gasteiger partial charge on any atom is -0.459 e. The van der Waals surface area contributed by atoms with Crippen LogP contribution in [0.5, 0.6) is 0 Å². The summed E-state index contributed by atoms with van der Waals surface area (Å²) in [5.41, 5.74) is 0. The minimum atomic E-state index is -0.572. The topological polar surface area (TPSA) is 61.8 Å². The lowest BCUT2D eigenvalue weighted by molar-refractivity contribution is -0.133. The predicted octanol–water partition coefficient (Wildman–Crippen LogP) is 1.41. The molecule has 1 saturated heterocycles. The fourth-order valence-corrected chi connectivity index (χ4v) is 1.54. The van der Waals surface area contributed by atoms with Crippen molar-refractivity contribution in [3.8, 4) is 23.9 Å². The van der Waals surface area contributed by atoms with E-state index in [2.05, 4.69) is 28.6 Å². The van der Waals surface area contributed by atoms with Crippen molar-refractivity contribution in [1.29, 1.82) is 0 Å². The Morgan fingerprint density at radius 3 is 2.85 bits per heavy atom. The number of Topliss-reactive ketones (excluding diaryl/α,β-unsaturated/α-hetero) is 1. The molecule has 1 rings (SSSR count). The fourth-order valence-electron chi connectivity index (χ4n) is 1.54. The van der Waals surface area contributed by atoms with Gasteiger partial charge in [-0.1, -0.05) is 5.92 Å². The first-order valence-electron chi connectivity index (χ1n) is 6.60. The van der Waals surface area contributed by atoms with Gasteiger partial charge in [-0.2, -0.15) is 0 Å². The van der Waals surface area contributed by atoms with E-state index >= 15 is 0 Å². The molecule has 5 heteroatoms. The van der Waals surface area contributed by atoms with E-state index in [1.807, 2.05) is 0 Å². The lowest BCUT2D eigenvalue weighted by atomic mass is 10.2. The number of carbonyl (C=O) groups is 2. The van der Waals surface area contributed by atoms with Gasteiger partial charge >= 0.3 is 5.97 Å². The van der Waals surface area contributed by atoms with E-state index in [0.717, 1.165) is 19.3 Å². The lowest BCUT2D eigenvalue weighted by Gasteiger charge is -2.19. The van der Waals surface area contributed by atoms with Crippen LogP contribution in [0.2, 0.25) is 0 Å². The molecule has 0 aliphatic carbocycles. The van der Waals surface area contributed by atoms with Gasteiger partial charge in [0.15, 0.2) is 0 Å². The molecule has 1 atom stereocenters. The molecule has 0 saturated carbocycles. The fraction of sp³-hybridized carbons (Fsp3) is 0.600. The number of rotatable bonds is 4. The number of hydrogen-bond acceptors (Lipinski definition) is 5. The molecule has 0 N–H and O–H groups in total. The van der Waals surface area contributed by atoms with Gasteiger partial charge in [-0.25, -0.2) is 4.79 Å². The smallest absolute Gasteiger partial charge is 0.384 e. The molecule has 0 radical (unpaired) electrons. The monoisotopic (exact) mass is 278 g/mol. The third-order valence-corrected chi connectivity index (χ3v) is 2.60. The molecular formula is C15H18O5. The van der Waals surface area contributed by atoms with E-state index < -0.39 is 5.97 Å². The summed E-state index contributed by atoms with van der Waals surface area (Å²) in [6.45, 7) is 0.680. The van der Waals surface area contributed by atoms with Crippen LogP contribution < -0.4 is 0 Å². The highest BCUT2D eigenvalue weighted by Gasteiger charge is 2.13. The first-order valence-corrected chi connectivity index (χ1v) is 6.60. The Bertz CT molecular complexity index is 440. The predicted molar refractivity (Wildman–Crippen MR) is 71.1 cm³/mol. The third-order valence-electron chi connectivity index (χ3n) is 2.60. The van der Waals surface area contributed by atoms with E-state index in [1.165, 1.54) is 7.11 Å². The molecule has 0 aromatic heterocycles. The molecule has 0 amide bonds. The van der Waals surface area contributed by atoms with Gasteiger partial charge < -0.3 is 14.2 Å². The summed E-state index contributed by atoms with van der Waals surface area (Å²) >= 11 is 0. The zero-order valence-corrected chi connectivity index (χ0v) is 11.6. The van der Waals surface area contributed by atoms with Crippen LogP contribution in [-0.4, -0.2) is 31.8 Å². The van der Waals surface area contributed by atoms with Crippen LogP contribution in [-0.2, 0) is 23.8 Å². The normalized spacial score (nSPS) is 16.9. The van der Waals surface area contributed by atoms with Gasteiger partial charge in [0.1, 0.15) is 6.11 Å². The van der Waals surface area contributed by atoms with Crippen molar-refractivity contribution in [2.45, 2.75) is 44.8 Å². The molecular weight excluding hydrogens is 260 g/mol. The molecule has 0 aromatic rings. The number of ketones is 1. The van der Waals surface area contributed by atoms with E-state index in [0.29, 0.717) is 19.4 Å². The molecule has 1 aliphatic rings. The van der Waals surface area contributed by atoms with Gasteiger partial charge in [0, 0.05) is 31.1 Å². The van der Waals surface area contributed by atoms with E-state index in [1.54, 1.807) is 0 Å². The van der Waals surface area contributed by atoms with Gasteiger partial charge in [0.2, 0.25) is 12.1 Å². The number of ether oxygens (including phenoxy) is 3. The summed E-state index contributed by atoms with van der Waals surface area (Å²) in [6.07, 6.45) is 6.28. The van der Waals surface area contributed by atoms with E-state index in [4.69, 9.17) is 9.47 Å². The third kappa shape index (κ3) is 7.45. The maximum absolute atomic E-state index is 11.4. The van der Waals surface area contributed by atoms with E-state index in [-0.39, 0.29) is 18.5 Å². The summed E-state index contributed by atoms with van der Waals surface area (Å²) in [5, 5.41) is 0. The van der Waals surface area contributed by atoms with Crippen molar-refractivity contribution in [3.63, 3.8) is 0 Å². The number of hydrogen-bond donors (Lipinski definition) is 0. The average molecular weight is 278 g/mol. The van der Waals surface area contributed by atoms with Gasteiger partial charge in [0.25, 0.3) is 0 Å². The van der Waals surface area contributed by atoms with Gasteiger partial charge in [0.05, 0.1) is 13.7 Å². The van der Waals surface area contributed by atoms with Crippen LogP contribution in [0.1, 0.15) is 38.5 Å². The van der Waals surface area contributed by atoms with Crippen LogP contribution in [0.3, 0.4) is 0 Å². The Morgan fingerprint density at radius 2 is 2.15 bits per heavy atom. The molecule has 0 spiro atoms. The molecule has 1 fully saturated rings. The largest absolute Gasteiger partial charge is 0.459 e. The summed E-state index contributed by atoms with van der Waals surface area (Å²) in [7, 11) is 1.27. The van der Waals surface area contributed by atoms with Gasteiger partial charge in [-0.3, -0.25) is 4.79 Å². The van der Waals surface area contributed by atoms with Crippen LogP contribution in [0.15, 0.2) is 0 Å². The van der Waals surface area contributed by atoms with Crippen LogP contribution in [0.25, 0.3) is 0 Å². The summed E-state index contributed by atoms with van der Waals surface area (Å²) in [6, 6.07) is 0. The number of methoxy groups -OCH3 is 1. The average Bonchev–Trinajstić information content (AvgIpc) is 2.47. The number of carbonyl (C=O) groups excluding carboxylic acids is 2. The molecule has 5 nitrogen and oxygen atoms in total. The Balaban J connectivity index is 2.13. The van der Waals surface area contributed by atoms with Crippen molar-refractivity contribution in [3.05, 3.63) is 0 Å². The zero-order chi connectivity index (χ0) is 14.6. The second-order valence-electron chi connectivity index (χ2n) is 4.21. The van der Waals surface area contributed by atoms with Crippen molar-refractivity contribution in [2.75, 3.05) is 13.7 Å². The zero-order valence-electron chi connectivity index (χ0n) is 11.6. The molecule has 20 heavy (non-hydrogen) atoms. The highest BCUT2D eigenvalue weighted by molar-refractivity contribution is 5.95. The van der Waals surface area contributed by atoms with Crippen molar-refractivity contribution < 1.29 is 23.8 Å². The van der Waals surface area contributed by atoms with Crippen molar-refractivity contribution in [1.82, 2.24) is 0 Å². The Morgan fingerprint density at radius 1 is 1.30 bits per heavy atom. The maximum atomic E-state index is 11.4. The Labute approximate surface area is 119 Å². The highest BCUT2D eigenvalue weighted by Crippen LogP contribution is 2.12. The lowest BCUT2D eigenvalue weighted by Crippen LogP contribution is -2.20. The molecule has 0 aromatic carbocycles. The Hall–Kier alpha value is -1.98. The molecule has 1 heterocycles. The van der Waals surface area contributed by atoms with Gasteiger partial charge in [-0.15, -0.1) is 0 Å². The minimum absolute atomic E-state index is 0.208. The van der Waals surface area contributed by atoms with Crippen molar-refractivity contribution in [2.24, 2.45) is 0 Å². The highest BCUT2D eigenvalue weighted by atomic mass is 16.7. The standard InChI is InChI=1S/C15H18O5/c1-18-14(17)8-4-2-3-7-13(16)10-12-20-15-9-5-6-11-19-15/h15H,2-3,5-7,9,11H2,1H3. The first kappa shape index (κ1) is 16.1. The second-order valence-corrected chi connectivity index (χ2v) is 4.21. The van der Waals surface area contributed by atoms with E-state index in [9.17, 15) is 9.59 Å². The second kappa shape index (κ2) is 9.89.